The standard InChI is InChI=1S/C23H30N6O3/c1-16-10-18(19-12-25-23(24)26-13-19)11-20(27-16)17-4-2-7-29(14-17)22(31)15-32-9-8-28-6-3-5-21(28)30/h10-13,17H,2-9,14-15H2,1H3,(H2,24,25,26)/t17-/m1/s1. The first-order valence-corrected chi connectivity index (χ1v) is 11.2. The number of nitrogens with two attached hydrogens (primary N) is 1. The highest BCUT2D eigenvalue weighted by atomic mass is 16.5. The van der Waals surface area contributed by atoms with E-state index in [1.54, 1.807) is 17.3 Å². The van der Waals surface area contributed by atoms with E-state index in [0.717, 1.165) is 54.9 Å². The Morgan fingerprint density at radius 1 is 1.19 bits per heavy atom. The number of aromatic nitrogens is 3. The van der Waals surface area contributed by atoms with E-state index in [1.807, 2.05) is 17.9 Å². The Morgan fingerprint density at radius 3 is 2.75 bits per heavy atom. The number of nitrogens with zero attached hydrogens (tertiary/aromatic N) is 5. The van der Waals surface area contributed by atoms with Crippen LogP contribution in [0.15, 0.2) is 24.5 Å². The lowest BCUT2D eigenvalue weighted by Crippen LogP contribution is -2.41. The Hall–Kier alpha value is -3.07. The van der Waals surface area contributed by atoms with E-state index in [0.29, 0.717) is 26.1 Å². The maximum absolute atomic E-state index is 12.7. The normalized spacial score (nSPS) is 18.9. The van der Waals surface area contributed by atoms with E-state index in [2.05, 4.69) is 16.0 Å². The van der Waals surface area contributed by atoms with Crippen LogP contribution in [0.25, 0.3) is 11.1 Å². The molecule has 0 spiro atoms. The second-order valence-electron chi connectivity index (χ2n) is 8.47. The number of ether oxygens (including phenoxy) is 1. The van der Waals surface area contributed by atoms with Crippen LogP contribution in [0.4, 0.5) is 5.95 Å². The molecule has 0 saturated carbocycles. The maximum Gasteiger partial charge on any atom is 0.248 e. The number of piperidine rings is 1. The van der Waals surface area contributed by atoms with Crippen molar-refractivity contribution < 1.29 is 14.3 Å². The molecule has 9 nitrogen and oxygen atoms in total. The molecule has 32 heavy (non-hydrogen) atoms. The zero-order valence-electron chi connectivity index (χ0n) is 18.5. The fraction of sp³-hybridized carbons (Fsp3) is 0.522. The first kappa shape index (κ1) is 22.1. The highest BCUT2D eigenvalue weighted by Gasteiger charge is 2.26. The molecule has 4 rings (SSSR count). The number of carbonyl (C=O) groups is 2. The SMILES string of the molecule is Cc1cc(-c2cnc(N)nc2)cc([C@@H]2CCCN(C(=O)COCCN3CCCC3=O)C2)n1. The van der Waals surface area contributed by atoms with Crippen LogP contribution in [0.3, 0.4) is 0 Å². The van der Waals surface area contributed by atoms with Gasteiger partial charge >= 0.3 is 0 Å². The Bertz CT molecular complexity index is 965. The highest BCUT2D eigenvalue weighted by Crippen LogP contribution is 2.29. The second kappa shape index (κ2) is 10.0. The van der Waals surface area contributed by atoms with Crippen LogP contribution >= 0.6 is 0 Å². The summed E-state index contributed by atoms with van der Waals surface area (Å²) in [7, 11) is 0. The van der Waals surface area contributed by atoms with Crippen LogP contribution in [0.5, 0.6) is 0 Å². The largest absolute Gasteiger partial charge is 0.370 e. The van der Waals surface area contributed by atoms with E-state index < -0.39 is 0 Å². The van der Waals surface area contributed by atoms with Crippen LogP contribution in [-0.2, 0) is 14.3 Å². The smallest absolute Gasteiger partial charge is 0.248 e. The summed E-state index contributed by atoms with van der Waals surface area (Å²) in [5.41, 5.74) is 9.38. The molecule has 2 saturated heterocycles. The molecule has 0 aliphatic carbocycles. The van der Waals surface area contributed by atoms with Crippen molar-refractivity contribution in [1.82, 2.24) is 24.8 Å². The number of pyridine rings is 1. The van der Waals surface area contributed by atoms with Gasteiger partial charge in [0, 0.05) is 67.9 Å². The van der Waals surface area contributed by atoms with Crippen molar-refractivity contribution in [3.8, 4) is 11.1 Å². The number of anilines is 1. The summed E-state index contributed by atoms with van der Waals surface area (Å²) in [4.78, 5) is 40.9. The molecule has 4 heterocycles. The first-order chi connectivity index (χ1) is 15.5. The van der Waals surface area contributed by atoms with Crippen molar-refractivity contribution in [2.45, 2.75) is 38.5 Å². The van der Waals surface area contributed by atoms with E-state index in [4.69, 9.17) is 15.5 Å². The Labute approximate surface area is 188 Å². The van der Waals surface area contributed by atoms with Gasteiger partial charge in [-0.1, -0.05) is 0 Å². The third-order valence-corrected chi connectivity index (χ3v) is 6.07. The molecular formula is C23H30N6O3. The van der Waals surface area contributed by atoms with Crippen molar-refractivity contribution >= 4 is 17.8 Å². The minimum Gasteiger partial charge on any atom is -0.370 e. The fourth-order valence-electron chi connectivity index (χ4n) is 4.37. The number of amides is 2. The molecule has 2 aromatic heterocycles. The second-order valence-corrected chi connectivity index (χ2v) is 8.47. The van der Waals surface area contributed by atoms with Gasteiger partial charge in [-0.25, -0.2) is 9.97 Å². The van der Waals surface area contributed by atoms with Crippen molar-refractivity contribution in [3.05, 3.63) is 35.9 Å². The lowest BCUT2D eigenvalue weighted by Gasteiger charge is -2.32. The van der Waals surface area contributed by atoms with Gasteiger partial charge < -0.3 is 20.3 Å². The average molecular weight is 439 g/mol. The van der Waals surface area contributed by atoms with Crippen LogP contribution in [0.1, 0.15) is 43.0 Å². The summed E-state index contributed by atoms with van der Waals surface area (Å²) in [6.07, 6.45) is 6.86. The van der Waals surface area contributed by atoms with E-state index in [9.17, 15) is 9.59 Å². The lowest BCUT2D eigenvalue weighted by atomic mass is 9.92. The van der Waals surface area contributed by atoms with Crippen molar-refractivity contribution in [2.24, 2.45) is 0 Å². The summed E-state index contributed by atoms with van der Waals surface area (Å²) >= 11 is 0. The molecule has 2 aliphatic heterocycles. The highest BCUT2D eigenvalue weighted by molar-refractivity contribution is 5.78. The van der Waals surface area contributed by atoms with Gasteiger partial charge in [0.05, 0.1) is 6.61 Å². The van der Waals surface area contributed by atoms with Gasteiger partial charge in [-0.15, -0.1) is 0 Å². The molecule has 2 amide bonds. The molecule has 0 aromatic carbocycles. The molecule has 0 bridgehead atoms. The van der Waals surface area contributed by atoms with E-state index >= 15 is 0 Å². The number of hydrogen-bond acceptors (Lipinski definition) is 7. The number of likely N-dealkylation sites (tertiary alicyclic amines) is 2. The van der Waals surface area contributed by atoms with Gasteiger partial charge in [0.25, 0.3) is 0 Å². The van der Waals surface area contributed by atoms with Crippen molar-refractivity contribution in [3.63, 3.8) is 0 Å². The quantitative estimate of drug-likeness (QED) is 0.655. The zero-order valence-corrected chi connectivity index (χ0v) is 18.5. The molecule has 2 N–H and O–H groups in total. The predicted octanol–water partition coefficient (Wildman–Crippen LogP) is 1.77. The minimum absolute atomic E-state index is 0.0118. The van der Waals surface area contributed by atoms with Crippen molar-refractivity contribution in [2.75, 3.05) is 45.1 Å². The van der Waals surface area contributed by atoms with Gasteiger partial charge in [-0.2, -0.15) is 0 Å². The van der Waals surface area contributed by atoms with E-state index in [-0.39, 0.29) is 30.3 Å². The molecule has 2 aliphatic rings. The van der Waals surface area contributed by atoms with Gasteiger partial charge in [0.1, 0.15) is 6.61 Å². The monoisotopic (exact) mass is 438 g/mol. The molecule has 1 atom stereocenters. The van der Waals surface area contributed by atoms with Crippen LogP contribution in [-0.4, -0.2) is 76.0 Å². The number of carbonyl (C=O) groups excluding carboxylic acids is 2. The third-order valence-electron chi connectivity index (χ3n) is 6.07. The topological polar surface area (TPSA) is 115 Å². The number of hydrogen-bond donors (Lipinski definition) is 1. The number of aryl methyl sites for hydroxylation is 1. The lowest BCUT2D eigenvalue weighted by molar-refractivity contribution is -0.137. The van der Waals surface area contributed by atoms with E-state index in [1.165, 1.54) is 0 Å². The third kappa shape index (κ3) is 5.40. The summed E-state index contributed by atoms with van der Waals surface area (Å²) in [5.74, 6) is 0.579. The maximum atomic E-state index is 12.7. The molecule has 2 aromatic rings. The molecular weight excluding hydrogens is 408 g/mol. The molecule has 0 radical (unpaired) electrons. The van der Waals surface area contributed by atoms with Gasteiger partial charge in [-0.3, -0.25) is 14.6 Å². The van der Waals surface area contributed by atoms with Gasteiger partial charge in [0.15, 0.2) is 0 Å². The molecule has 9 heteroatoms. The van der Waals surface area contributed by atoms with Crippen molar-refractivity contribution in [1.29, 1.82) is 0 Å². The zero-order chi connectivity index (χ0) is 22.5. The summed E-state index contributed by atoms with van der Waals surface area (Å²) in [6.45, 7) is 5.10. The average Bonchev–Trinajstić information content (AvgIpc) is 3.21. The summed E-state index contributed by atoms with van der Waals surface area (Å²) in [6, 6.07) is 4.06. The van der Waals surface area contributed by atoms with Crippen LogP contribution < -0.4 is 5.73 Å². The Kier molecular flexibility index (Phi) is 6.94. The molecule has 2 fully saturated rings. The predicted molar refractivity (Wildman–Crippen MR) is 120 cm³/mol. The Morgan fingerprint density at radius 2 is 2.00 bits per heavy atom. The first-order valence-electron chi connectivity index (χ1n) is 11.2. The van der Waals surface area contributed by atoms with Crippen LogP contribution in [0, 0.1) is 6.92 Å². The number of rotatable bonds is 7. The summed E-state index contributed by atoms with van der Waals surface area (Å²) < 4.78 is 5.58. The summed E-state index contributed by atoms with van der Waals surface area (Å²) in [5, 5.41) is 0. The fourth-order valence-corrected chi connectivity index (χ4v) is 4.37. The van der Waals surface area contributed by atoms with Crippen LogP contribution in [0.2, 0.25) is 0 Å². The van der Waals surface area contributed by atoms with Gasteiger partial charge in [-0.05, 0) is 43.9 Å². The van der Waals surface area contributed by atoms with Gasteiger partial charge in [0.2, 0.25) is 17.8 Å². The molecule has 0 unspecified atom stereocenters. The number of nitrogen functional groups attached to an aromatic ring is 1. The molecule has 170 valence electrons. The minimum atomic E-state index is -0.0118. The Balaban J connectivity index is 1.34.